The van der Waals surface area contributed by atoms with Gasteiger partial charge in [0.05, 0.1) is 0 Å². The van der Waals surface area contributed by atoms with Crippen LogP contribution < -0.4 is 5.32 Å². The minimum atomic E-state index is -1.60. The molecule has 2 saturated heterocycles. The minimum Gasteiger partial charge on any atom is -0.418 e. The first-order chi connectivity index (χ1) is 20.4. The number of benzene rings is 1. The van der Waals surface area contributed by atoms with Crippen LogP contribution in [-0.4, -0.2) is 98.6 Å². The van der Waals surface area contributed by atoms with E-state index in [4.69, 9.17) is 4.43 Å². The predicted octanol–water partition coefficient (Wildman–Crippen LogP) is 4.67. The van der Waals surface area contributed by atoms with Gasteiger partial charge in [-0.2, -0.15) is 0 Å². The summed E-state index contributed by atoms with van der Waals surface area (Å²) in [5.74, 6) is -0.165. The molecule has 9 nitrogen and oxygen atoms in total. The van der Waals surface area contributed by atoms with Crippen molar-refractivity contribution in [1.29, 1.82) is 0 Å². The van der Waals surface area contributed by atoms with E-state index in [9.17, 15) is 19.2 Å². The smallest absolute Gasteiger partial charge is 0.254 e. The fourth-order valence-corrected chi connectivity index (χ4v) is 8.43. The van der Waals surface area contributed by atoms with Crippen LogP contribution in [0.4, 0.5) is 0 Å². The van der Waals surface area contributed by atoms with Crippen molar-refractivity contribution < 1.29 is 23.6 Å². The van der Waals surface area contributed by atoms with E-state index in [1.165, 1.54) is 0 Å². The first-order valence-electron chi connectivity index (χ1n) is 16.3. The maximum Gasteiger partial charge on any atom is 0.254 e. The Labute approximate surface area is 259 Å². The number of likely N-dealkylation sites (N-methyl/N-ethyl adjacent to an activating group) is 1. The van der Waals surface area contributed by atoms with Gasteiger partial charge < -0.3 is 24.4 Å². The van der Waals surface area contributed by atoms with Gasteiger partial charge in [-0.3, -0.25) is 19.2 Å². The van der Waals surface area contributed by atoms with Crippen LogP contribution in [0.2, 0.25) is 19.1 Å². The highest BCUT2D eigenvalue weighted by atomic mass is 28.4. The Hall–Kier alpha value is -2.72. The molecule has 3 rings (SSSR count). The predicted molar refractivity (Wildman–Crippen MR) is 172 cm³/mol. The fraction of sp³-hybridized carbons (Fsp3) is 0.697. The van der Waals surface area contributed by atoms with Crippen LogP contribution in [0.5, 0.6) is 0 Å². The Balaban J connectivity index is 1.41. The van der Waals surface area contributed by atoms with Gasteiger partial charge in [0.2, 0.25) is 17.7 Å². The molecule has 0 spiro atoms. The summed E-state index contributed by atoms with van der Waals surface area (Å²) in [7, 11) is 0.196. The van der Waals surface area contributed by atoms with Crippen LogP contribution in [0.15, 0.2) is 18.2 Å². The number of hydrogen-bond donors (Lipinski definition) is 1. The molecular weight excluding hydrogens is 560 g/mol. The van der Waals surface area contributed by atoms with Crippen molar-refractivity contribution in [3.05, 3.63) is 34.9 Å². The average molecular weight is 615 g/mol. The molecule has 2 aliphatic rings. The van der Waals surface area contributed by atoms with Crippen molar-refractivity contribution in [2.24, 2.45) is 0 Å². The Morgan fingerprint density at radius 1 is 0.930 bits per heavy atom. The third-order valence-corrected chi connectivity index (χ3v) is 11.3. The molecule has 10 heteroatoms. The number of aryl methyl sites for hydroxylation is 2. The second-order valence-corrected chi connectivity index (χ2v) is 17.2. The molecule has 4 amide bonds. The first-order valence-corrected chi connectivity index (χ1v) is 19.4. The number of amides is 4. The lowest BCUT2D eigenvalue weighted by Gasteiger charge is -2.32. The summed E-state index contributed by atoms with van der Waals surface area (Å²) >= 11 is 0. The van der Waals surface area contributed by atoms with Crippen LogP contribution in [0, 0.1) is 13.8 Å². The molecule has 0 radical (unpaired) electrons. The number of unbranched alkanes of at least 4 members (excludes halogenated alkanes) is 2. The van der Waals surface area contributed by atoms with Gasteiger partial charge in [-0.1, -0.05) is 23.6 Å². The van der Waals surface area contributed by atoms with Gasteiger partial charge in [0, 0.05) is 51.8 Å². The molecule has 2 atom stereocenters. The number of rotatable bonds is 15. The second-order valence-electron chi connectivity index (χ2n) is 12.9. The van der Waals surface area contributed by atoms with E-state index >= 15 is 0 Å². The van der Waals surface area contributed by atoms with Crippen molar-refractivity contribution in [3.8, 4) is 0 Å². The molecule has 1 aromatic rings. The van der Waals surface area contributed by atoms with Gasteiger partial charge in [-0.05, 0) is 97.0 Å². The van der Waals surface area contributed by atoms with Crippen LogP contribution in [-0.2, 0) is 18.8 Å². The maximum atomic E-state index is 13.7. The Morgan fingerprint density at radius 3 is 2.26 bits per heavy atom. The lowest BCUT2D eigenvalue weighted by Crippen LogP contribution is -2.53. The summed E-state index contributed by atoms with van der Waals surface area (Å²) < 4.78 is 5.84. The first kappa shape index (κ1) is 34.8. The van der Waals surface area contributed by atoms with Gasteiger partial charge >= 0.3 is 0 Å². The SMILES string of the molecule is CCO[Si](C)(C)CCCNC(=O)CCCCCN(C)C(=O)[C@@H]1CCCN1C(=O)[C@@H]1CCCN1C(=O)c1cc(C)cc(C)c1. The molecular formula is C33H54N4O5Si. The molecule has 2 fully saturated rings. The van der Waals surface area contributed by atoms with Gasteiger partial charge in [0.1, 0.15) is 12.1 Å². The highest BCUT2D eigenvalue weighted by molar-refractivity contribution is 6.71. The zero-order valence-electron chi connectivity index (χ0n) is 27.4. The molecule has 2 aliphatic heterocycles. The number of hydrogen-bond acceptors (Lipinski definition) is 5. The van der Waals surface area contributed by atoms with Crippen molar-refractivity contribution in [2.75, 3.05) is 39.8 Å². The fourth-order valence-electron chi connectivity index (χ4n) is 6.48. The quantitative estimate of drug-likeness (QED) is 0.229. The molecule has 1 aromatic carbocycles. The van der Waals surface area contributed by atoms with E-state index in [0.29, 0.717) is 51.0 Å². The number of nitrogens with one attached hydrogen (secondary N) is 1. The highest BCUT2D eigenvalue weighted by Gasteiger charge is 2.42. The minimum absolute atomic E-state index is 0.0349. The summed E-state index contributed by atoms with van der Waals surface area (Å²) in [5, 5.41) is 3.02. The number of nitrogens with zero attached hydrogens (tertiary/aromatic N) is 3. The topological polar surface area (TPSA) is 99.3 Å². The number of carbonyl (C=O) groups excluding carboxylic acids is 4. The van der Waals surface area contributed by atoms with Crippen molar-refractivity contribution in [3.63, 3.8) is 0 Å². The molecule has 0 unspecified atom stereocenters. The zero-order valence-corrected chi connectivity index (χ0v) is 28.4. The number of carbonyl (C=O) groups is 4. The van der Waals surface area contributed by atoms with E-state index < -0.39 is 20.4 Å². The lowest BCUT2D eigenvalue weighted by atomic mass is 10.1. The lowest BCUT2D eigenvalue weighted by molar-refractivity contribution is -0.145. The summed E-state index contributed by atoms with van der Waals surface area (Å²) in [6, 6.07) is 5.84. The summed E-state index contributed by atoms with van der Waals surface area (Å²) in [6.45, 7) is 13.5. The molecule has 2 heterocycles. The molecule has 1 N–H and O–H groups in total. The molecule has 0 aromatic heterocycles. The van der Waals surface area contributed by atoms with Gasteiger partial charge in [0.15, 0.2) is 8.32 Å². The van der Waals surface area contributed by atoms with E-state index in [-0.39, 0.29) is 23.6 Å². The molecule has 43 heavy (non-hydrogen) atoms. The summed E-state index contributed by atoms with van der Waals surface area (Å²) in [5.41, 5.74) is 2.67. The monoisotopic (exact) mass is 614 g/mol. The van der Waals surface area contributed by atoms with Crippen molar-refractivity contribution in [1.82, 2.24) is 20.0 Å². The van der Waals surface area contributed by atoms with E-state index in [2.05, 4.69) is 18.4 Å². The third kappa shape index (κ3) is 10.2. The van der Waals surface area contributed by atoms with Crippen molar-refractivity contribution >= 4 is 31.9 Å². The van der Waals surface area contributed by atoms with E-state index in [1.54, 1.807) is 21.7 Å². The average Bonchev–Trinajstić information content (AvgIpc) is 3.64. The Kier molecular flexibility index (Phi) is 13.2. The van der Waals surface area contributed by atoms with Crippen LogP contribution in [0.25, 0.3) is 0 Å². The van der Waals surface area contributed by atoms with E-state index in [1.807, 2.05) is 39.0 Å². The summed E-state index contributed by atoms with van der Waals surface area (Å²) in [4.78, 5) is 57.9. The molecule has 240 valence electrons. The van der Waals surface area contributed by atoms with Gasteiger partial charge in [0.25, 0.3) is 5.91 Å². The number of likely N-dealkylation sites (tertiary alicyclic amines) is 2. The highest BCUT2D eigenvalue weighted by Crippen LogP contribution is 2.27. The Bertz CT molecular complexity index is 1110. The normalized spacial score (nSPS) is 18.7. The van der Waals surface area contributed by atoms with Gasteiger partial charge in [-0.25, -0.2) is 0 Å². The zero-order chi connectivity index (χ0) is 31.6. The van der Waals surface area contributed by atoms with E-state index in [0.717, 1.165) is 62.3 Å². The van der Waals surface area contributed by atoms with Crippen LogP contribution >= 0.6 is 0 Å². The molecule has 0 saturated carbocycles. The Morgan fingerprint density at radius 2 is 1.58 bits per heavy atom. The largest absolute Gasteiger partial charge is 0.418 e. The van der Waals surface area contributed by atoms with Gasteiger partial charge in [-0.15, -0.1) is 0 Å². The van der Waals surface area contributed by atoms with Crippen LogP contribution in [0.1, 0.15) is 86.2 Å². The molecule has 0 aliphatic carbocycles. The standard InChI is InChI=1S/C33H54N4O5Si/c1-7-42-43(5,6)21-13-17-34-30(38)16-9-8-10-18-35(4)32(40)28-14-11-20-37(28)33(41)29-15-12-19-36(29)31(39)27-23-25(2)22-26(3)24-27/h22-24,28-29H,7-21H2,1-6H3,(H,34,38)/t28-,29-/m0/s1. The third-order valence-electron chi connectivity index (χ3n) is 8.67. The maximum absolute atomic E-state index is 13.7. The van der Waals surface area contributed by atoms with Crippen LogP contribution in [0.3, 0.4) is 0 Å². The summed E-state index contributed by atoms with van der Waals surface area (Å²) in [6.07, 6.45) is 6.74. The second kappa shape index (κ2) is 16.4. The van der Waals surface area contributed by atoms with Crippen molar-refractivity contribution in [2.45, 2.75) is 110 Å². The molecule has 0 bridgehead atoms.